The number of nitrogens with zero attached hydrogens (tertiary/aromatic N) is 2. The van der Waals surface area contributed by atoms with E-state index in [0.717, 1.165) is 12.8 Å². The van der Waals surface area contributed by atoms with Gasteiger partial charge in [-0.05, 0) is 31.9 Å². The van der Waals surface area contributed by atoms with Crippen LogP contribution in [0.4, 0.5) is 5.69 Å². The van der Waals surface area contributed by atoms with Crippen LogP contribution in [-0.4, -0.2) is 76.5 Å². The number of hydrogen-bond acceptors (Lipinski definition) is 7. The second-order valence-corrected chi connectivity index (χ2v) is 9.41. The molecule has 3 N–H and O–H groups in total. The van der Waals surface area contributed by atoms with Gasteiger partial charge in [0.1, 0.15) is 4.90 Å². The smallest absolute Gasteiger partial charge is 0.250 e. The van der Waals surface area contributed by atoms with Crippen molar-refractivity contribution in [3.05, 3.63) is 18.2 Å². The quantitative estimate of drug-likeness (QED) is 0.517. The SMILES string of the molecule is COc1c(N2CCCCC2=O)cccc1S(=O)(=O)N[C@@H](C(N)=O)C(=O)N1CCOC[C@@H]1C. The molecule has 12 heteroatoms. The van der Waals surface area contributed by atoms with Gasteiger partial charge in [-0.1, -0.05) is 6.07 Å². The fourth-order valence-electron chi connectivity index (χ4n) is 3.86. The van der Waals surface area contributed by atoms with E-state index < -0.39 is 27.9 Å². The maximum atomic E-state index is 13.2. The van der Waals surface area contributed by atoms with Crippen LogP contribution in [0.5, 0.6) is 5.75 Å². The van der Waals surface area contributed by atoms with Crippen LogP contribution in [0.25, 0.3) is 0 Å². The number of morpholine rings is 1. The number of carbonyl (C=O) groups excluding carboxylic acids is 3. The zero-order chi connectivity index (χ0) is 23.5. The van der Waals surface area contributed by atoms with Crippen molar-refractivity contribution in [2.24, 2.45) is 5.73 Å². The van der Waals surface area contributed by atoms with E-state index in [0.29, 0.717) is 18.7 Å². The normalized spacial score (nSPS) is 20.7. The molecule has 0 radical (unpaired) electrons. The molecule has 0 aromatic heterocycles. The Kier molecular flexibility index (Phi) is 7.36. The minimum atomic E-state index is -4.42. The maximum Gasteiger partial charge on any atom is 0.250 e. The number of carbonyl (C=O) groups is 3. The summed E-state index contributed by atoms with van der Waals surface area (Å²) in [6, 6.07) is 2.20. The Bertz CT molecular complexity index is 998. The topological polar surface area (TPSA) is 148 Å². The van der Waals surface area contributed by atoms with Gasteiger partial charge in [-0.3, -0.25) is 14.4 Å². The molecule has 0 saturated carbocycles. The molecule has 32 heavy (non-hydrogen) atoms. The largest absolute Gasteiger partial charge is 0.493 e. The van der Waals surface area contributed by atoms with E-state index in [2.05, 4.69) is 4.72 Å². The Labute approximate surface area is 186 Å². The van der Waals surface area contributed by atoms with Crippen molar-refractivity contribution in [3.8, 4) is 5.75 Å². The molecule has 0 bridgehead atoms. The molecule has 11 nitrogen and oxygen atoms in total. The molecule has 0 spiro atoms. The standard InChI is InChI=1S/C20H28N4O7S/c1-13-12-31-11-10-23(13)20(27)17(19(21)26)22-32(28,29)15-7-5-6-14(18(15)30-2)24-9-4-3-8-16(24)25/h5-7,13,17,22H,3-4,8-12H2,1-2H3,(H2,21,26)/t13-,17-/m0/s1. The van der Waals surface area contributed by atoms with Gasteiger partial charge in [0.05, 0.1) is 32.1 Å². The molecule has 2 fully saturated rings. The van der Waals surface area contributed by atoms with Crippen molar-refractivity contribution < 1.29 is 32.3 Å². The summed E-state index contributed by atoms with van der Waals surface area (Å²) in [6.07, 6.45) is 1.90. The average molecular weight is 469 g/mol. The zero-order valence-corrected chi connectivity index (χ0v) is 18.9. The molecular formula is C20H28N4O7S. The number of piperidine rings is 1. The third kappa shape index (κ3) is 4.87. The first-order valence-electron chi connectivity index (χ1n) is 10.3. The molecule has 2 aliphatic rings. The molecule has 176 valence electrons. The highest BCUT2D eigenvalue weighted by Crippen LogP contribution is 2.36. The van der Waals surface area contributed by atoms with E-state index in [9.17, 15) is 22.8 Å². The number of methoxy groups -OCH3 is 1. The Balaban J connectivity index is 1.94. The molecule has 1 aromatic rings. The van der Waals surface area contributed by atoms with Crippen LogP contribution in [0.2, 0.25) is 0 Å². The van der Waals surface area contributed by atoms with Gasteiger partial charge >= 0.3 is 0 Å². The highest BCUT2D eigenvalue weighted by Gasteiger charge is 2.37. The minimum Gasteiger partial charge on any atom is -0.493 e. The fourth-order valence-corrected chi connectivity index (χ4v) is 5.21. The van der Waals surface area contributed by atoms with E-state index in [4.69, 9.17) is 15.2 Å². The highest BCUT2D eigenvalue weighted by molar-refractivity contribution is 7.89. The van der Waals surface area contributed by atoms with E-state index in [-0.39, 0.29) is 42.4 Å². The summed E-state index contributed by atoms with van der Waals surface area (Å²) in [4.78, 5) is 39.9. The number of nitrogens with two attached hydrogens (primary N) is 1. The molecule has 3 amide bonds. The summed E-state index contributed by atoms with van der Waals surface area (Å²) in [5.41, 5.74) is 5.69. The van der Waals surface area contributed by atoms with Crippen LogP contribution in [0, 0.1) is 0 Å². The molecule has 0 aliphatic carbocycles. The molecule has 2 aliphatic heterocycles. The van der Waals surface area contributed by atoms with Gasteiger partial charge in [-0.15, -0.1) is 0 Å². The van der Waals surface area contributed by atoms with Gasteiger partial charge in [0.25, 0.3) is 5.91 Å². The summed E-state index contributed by atoms with van der Waals surface area (Å²) >= 11 is 0. The molecule has 0 unspecified atom stereocenters. The first-order chi connectivity index (χ1) is 15.2. The predicted molar refractivity (Wildman–Crippen MR) is 114 cm³/mol. The first-order valence-corrected chi connectivity index (χ1v) is 11.8. The average Bonchev–Trinajstić information content (AvgIpc) is 2.77. The third-order valence-electron chi connectivity index (χ3n) is 5.52. The molecule has 1 aromatic carbocycles. The molecule has 2 saturated heterocycles. The molecule has 3 rings (SSSR count). The number of hydrogen-bond donors (Lipinski definition) is 2. The Morgan fingerprint density at radius 1 is 1.28 bits per heavy atom. The van der Waals surface area contributed by atoms with Crippen molar-refractivity contribution in [3.63, 3.8) is 0 Å². The minimum absolute atomic E-state index is 0.0503. The van der Waals surface area contributed by atoms with E-state index in [1.54, 1.807) is 13.0 Å². The summed E-state index contributed by atoms with van der Waals surface area (Å²) in [5, 5.41) is 0. The van der Waals surface area contributed by atoms with Crippen LogP contribution in [-0.2, 0) is 29.1 Å². The van der Waals surface area contributed by atoms with Crippen molar-refractivity contribution in [1.82, 2.24) is 9.62 Å². The zero-order valence-electron chi connectivity index (χ0n) is 18.1. The van der Waals surface area contributed by atoms with Crippen LogP contribution in [0.3, 0.4) is 0 Å². The number of amides is 3. The first kappa shape index (κ1) is 24.0. The van der Waals surface area contributed by atoms with Crippen molar-refractivity contribution in [1.29, 1.82) is 0 Å². The van der Waals surface area contributed by atoms with E-state index in [1.807, 2.05) is 0 Å². The lowest BCUT2D eigenvalue weighted by Crippen LogP contribution is -2.59. The number of nitrogens with one attached hydrogen (secondary N) is 1. The second-order valence-electron chi connectivity index (χ2n) is 7.72. The number of primary amides is 1. The summed E-state index contributed by atoms with van der Waals surface area (Å²) in [6.45, 7) is 2.91. The second kappa shape index (κ2) is 9.84. The van der Waals surface area contributed by atoms with E-state index in [1.165, 1.54) is 29.0 Å². The lowest BCUT2D eigenvalue weighted by molar-refractivity contribution is -0.144. The number of para-hydroxylation sites is 1. The monoisotopic (exact) mass is 468 g/mol. The Morgan fingerprint density at radius 3 is 2.66 bits per heavy atom. The van der Waals surface area contributed by atoms with Crippen molar-refractivity contribution >= 4 is 33.4 Å². The van der Waals surface area contributed by atoms with E-state index >= 15 is 0 Å². The van der Waals surface area contributed by atoms with Crippen LogP contribution in [0.15, 0.2) is 23.1 Å². The fraction of sp³-hybridized carbons (Fsp3) is 0.550. The van der Waals surface area contributed by atoms with Gasteiger partial charge in [0, 0.05) is 19.5 Å². The van der Waals surface area contributed by atoms with Gasteiger partial charge in [0.15, 0.2) is 11.8 Å². The van der Waals surface area contributed by atoms with Gasteiger partial charge in [-0.2, -0.15) is 4.72 Å². The number of ether oxygens (including phenoxy) is 2. The summed E-state index contributed by atoms with van der Waals surface area (Å²) < 4.78 is 39.2. The third-order valence-corrected chi connectivity index (χ3v) is 6.97. The lowest BCUT2D eigenvalue weighted by Gasteiger charge is -2.35. The van der Waals surface area contributed by atoms with Crippen LogP contribution >= 0.6 is 0 Å². The number of benzene rings is 1. The summed E-state index contributed by atoms with van der Waals surface area (Å²) in [7, 11) is -3.13. The summed E-state index contributed by atoms with van der Waals surface area (Å²) in [5.74, 6) is -2.06. The van der Waals surface area contributed by atoms with Crippen LogP contribution < -0.4 is 20.1 Å². The highest BCUT2D eigenvalue weighted by atomic mass is 32.2. The van der Waals surface area contributed by atoms with Gasteiger partial charge in [0.2, 0.25) is 21.8 Å². The molecule has 2 atom stereocenters. The number of anilines is 1. The number of rotatable bonds is 7. The number of sulfonamides is 1. The lowest BCUT2D eigenvalue weighted by atomic mass is 10.1. The van der Waals surface area contributed by atoms with Crippen LogP contribution in [0.1, 0.15) is 26.2 Å². The maximum absolute atomic E-state index is 13.2. The molecular weight excluding hydrogens is 440 g/mol. The Morgan fingerprint density at radius 2 is 2.03 bits per heavy atom. The van der Waals surface area contributed by atoms with Crippen molar-refractivity contribution in [2.45, 2.75) is 43.2 Å². The van der Waals surface area contributed by atoms with Crippen molar-refractivity contribution in [2.75, 3.05) is 38.3 Å². The van der Waals surface area contributed by atoms with Gasteiger partial charge < -0.3 is 25.0 Å². The predicted octanol–water partition coefficient (Wildman–Crippen LogP) is -0.408. The Hall–Kier alpha value is -2.70. The van der Waals surface area contributed by atoms with Gasteiger partial charge in [-0.25, -0.2) is 8.42 Å². The molecule has 2 heterocycles.